The van der Waals surface area contributed by atoms with Crippen molar-refractivity contribution in [1.29, 1.82) is 0 Å². The molecule has 5 nitrogen and oxygen atoms in total. The van der Waals surface area contributed by atoms with Gasteiger partial charge in [-0.2, -0.15) is 0 Å². The minimum absolute atomic E-state index is 0.152. The number of methoxy groups -OCH3 is 2. The van der Waals surface area contributed by atoms with Crippen molar-refractivity contribution < 1.29 is 14.3 Å². The van der Waals surface area contributed by atoms with Gasteiger partial charge in [0.15, 0.2) is 0 Å². The number of nitrogens with zero attached hydrogens (tertiary/aromatic N) is 2. The number of carbonyl (C=O) groups excluding carboxylic acids is 1. The maximum absolute atomic E-state index is 12.7. The predicted octanol–water partition coefficient (Wildman–Crippen LogP) is 3.27. The maximum Gasteiger partial charge on any atom is 0.237 e. The summed E-state index contributed by atoms with van der Waals surface area (Å²) in [5.74, 6) is 1.81. The number of amides is 1. The second-order valence-electron chi connectivity index (χ2n) is 6.60. The van der Waals surface area contributed by atoms with Crippen LogP contribution in [0.3, 0.4) is 0 Å². The molecule has 0 bridgehead atoms. The Morgan fingerprint density at radius 2 is 2.12 bits per heavy atom. The van der Waals surface area contributed by atoms with Gasteiger partial charge < -0.3 is 14.4 Å². The smallest absolute Gasteiger partial charge is 0.237 e. The Morgan fingerprint density at radius 1 is 1.36 bits per heavy atom. The molecule has 0 aromatic heterocycles. The summed E-state index contributed by atoms with van der Waals surface area (Å²) in [5, 5.41) is 0. The monoisotopic (exact) mass is 346 g/mol. The number of likely N-dealkylation sites (N-methyl/N-ethyl adjacent to an activating group) is 1. The molecule has 0 N–H and O–H groups in total. The first kappa shape index (κ1) is 19.3. The van der Waals surface area contributed by atoms with E-state index in [1.54, 1.807) is 14.2 Å². The van der Waals surface area contributed by atoms with Gasteiger partial charge in [-0.3, -0.25) is 9.69 Å². The average molecular weight is 346 g/mol. The van der Waals surface area contributed by atoms with Crippen LogP contribution in [0.4, 0.5) is 0 Å². The normalized spacial score (nSPS) is 17.4. The lowest BCUT2D eigenvalue weighted by Gasteiger charge is -2.29. The third-order valence-corrected chi connectivity index (χ3v) is 4.69. The molecule has 5 heteroatoms. The van der Waals surface area contributed by atoms with Crippen LogP contribution in [0.5, 0.6) is 11.5 Å². The first-order chi connectivity index (χ1) is 12.0. The topological polar surface area (TPSA) is 42.0 Å². The highest BCUT2D eigenvalue weighted by Gasteiger charge is 2.31. The number of rotatable bonds is 8. The number of carbonyl (C=O) groups is 1. The highest BCUT2D eigenvalue weighted by Crippen LogP contribution is 2.38. The molecule has 2 rings (SSSR count). The van der Waals surface area contributed by atoms with Gasteiger partial charge in [0.1, 0.15) is 11.5 Å². The van der Waals surface area contributed by atoms with Crippen molar-refractivity contribution in [2.24, 2.45) is 0 Å². The third kappa shape index (κ3) is 4.75. The van der Waals surface area contributed by atoms with E-state index in [9.17, 15) is 4.79 Å². The second kappa shape index (κ2) is 8.90. The van der Waals surface area contributed by atoms with Gasteiger partial charge in [-0.05, 0) is 51.4 Å². The Morgan fingerprint density at radius 3 is 2.72 bits per heavy atom. The van der Waals surface area contributed by atoms with E-state index in [2.05, 4.69) is 11.5 Å². The summed E-state index contributed by atoms with van der Waals surface area (Å²) in [4.78, 5) is 16.8. The van der Waals surface area contributed by atoms with E-state index < -0.39 is 0 Å². The van der Waals surface area contributed by atoms with E-state index in [0.717, 1.165) is 42.0 Å². The van der Waals surface area contributed by atoms with E-state index in [1.165, 1.54) is 0 Å². The van der Waals surface area contributed by atoms with E-state index in [1.807, 2.05) is 36.9 Å². The van der Waals surface area contributed by atoms with Gasteiger partial charge in [0.05, 0.1) is 20.8 Å². The molecule has 1 aliphatic heterocycles. The van der Waals surface area contributed by atoms with Gasteiger partial charge in [-0.25, -0.2) is 0 Å². The number of ether oxygens (including phenoxy) is 2. The molecule has 1 aromatic rings. The zero-order chi connectivity index (χ0) is 18.4. The van der Waals surface area contributed by atoms with E-state index >= 15 is 0 Å². The Balaban J connectivity index is 2.17. The highest BCUT2D eigenvalue weighted by atomic mass is 16.5. The fraction of sp³-hybridized carbons (Fsp3) is 0.550. The van der Waals surface area contributed by atoms with Gasteiger partial charge >= 0.3 is 0 Å². The zero-order valence-electron chi connectivity index (χ0n) is 15.9. The van der Waals surface area contributed by atoms with Crippen LogP contribution in [-0.2, 0) is 4.79 Å². The van der Waals surface area contributed by atoms with E-state index in [-0.39, 0.29) is 11.9 Å². The van der Waals surface area contributed by atoms with Crippen LogP contribution in [0.2, 0.25) is 0 Å². The zero-order valence-corrected chi connectivity index (χ0v) is 15.9. The Hall–Kier alpha value is -2.01. The largest absolute Gasteiger partial charge is 0.497 e. The summed E-state index contributed by atoms with van der Waals surface area (Å²) in [6.45, 7) is 10.5. The SMILES string of the molecule is C=C(C)CN(CC)C(=O)CN1CCCC1c1cc(OC)ccc1OC. The summed E-state index contributed by atoms with van der Waals surface area (Å²) in [6.07, 6.45) is 2.09. The molecule has 0 spiro atoms. The first-order valence-electron chi connectivity index (χ1n) is 8.88. The fourth-order valence-corrected chi connectivity index (χ4v) is 3.44. The van der Waals surface area contributed by atoms with E-state index in [4.69, 9.17) is 9.47 Å². The molecule has 1 unspecified atom stereocenters. The van der Waals surface area contributed by atoms with Crippen molar-refractivity contribution in [3.8, 4) is 11.5 Å². The molecular weight excluding hydrogens is 316 g/mol. The Bertz CT molecular complexity index is 615. The molecule has 25 heavy (non-hydrogen) atoms. The van der Waals surface area contributed by atoms with Crippen LogP contribution in [0, 0.1) is 0 Å². The second-order valence-corrected chi connectivity index (χ2v) is 6.60. The molecule has 1 saturated heterocycles. The van der Waals surface area contributed by atoms with Crippen molar-refractivity contribution >= 4 is 5.91 Å². The van der Waals surface area contributed by atoms with Gasteiger partial charge in [0.25, 0.3) is 0 Å². The van der Waals surface area contributed by atoms with Gasteiger partial charge in [0, 0.05) is 24.7 Å². The van der Waals surface area contributed by atoms with Crippen LogP contribution in [0.1, 0.15) is 38.3 Å². The molecule has 0 aliphatic carbocycles. The number of hydrogen-bond acceptors (Lipinski definition) is 4. The molecule has 1 aliphatic rings. The number of benzene rings is 1. The summed E-state index contributed by atoms with van der Waals surface area (Å²) in [7, 11) is 3.35. The van der Waals surface area contributed by atoms with Crippen molar-refractivity contribution in [1.82, 2.24) is 9.80 Å². The summed E-state index contributed by atoms with van der Waals surface area (Å²) >= 11 is 0. The first-order valence-corrected chi connectivity index (χ1v) is 8.88. The van der Waals surface area contributed by atoms with Gasteiger partial charge in [0.2, 0.25) is 5.91 Å². The van der Waals surface area contributed by atoms with Crippen molar-refractivity contribution in [2.75, 3.05) is 40.4 Å². The predicted molar refractivity (Wildman–Crippen MR) is 100 cm³/mol. The summed E-state index contributed by atoms with van der Waals surface area (Å²) in [6, 6.07) is 6.04. The molecular formula is C20H30N2O3. The maximum atomic E-state index is 12.7. The van der Waals surface area contributed by atoms with Crippen molar-refractivity contribution in [3.05, 3.63) is 35.9 Å². The minimum atomic E-state index is 0.152. The molecule has 1 aromatic carbocycles. The van der Waals surface area contributed by atoms with Crippen LogP contribution in [-0.4, -0.2) is 56.1 Å². The molecule has 1 atom stereocenters. The summed E-state index contributed by atoms with van der Waals surface area (Å²) in [5.41, 5.74) is 2.10. The molecule has 1 amide bonds. The molecule has 0 radical (unpaired) electrons. The molecule has 138 valence electrons. The molecule has 0 saturated carbocycles. The van der Waals surface area contributed by atoms with Crippen molar-refractivity contribution in [3.63, 3.8) is 0 Å². The molecule has 1 heterocycles. The van der Waals surface area contributed by atoms with Crippen LogP contribution >= 0.6 is 0 Å². The fourth-order valence-electron chi connectivity index (χ4n) is 3.44. The molecule has 1 fully saturated rings. The van der Waals surface area contributed by atoms with E-state index in [0.29, 0.717) is 19.6 Å². The standard InChI is InChI=1S/C20H30N2O3/c1-6-21(13-15(2)3)20(23)14-22-11-7-8-18(22)17-12-16(24-4)9-10-19(17)25-5/h9-10,12,18H,2,6-8,11,13-14H2,1,3-5H3. The summed E-state index contributed by atoms with van der Waals surface area (Å²) < 4.78 is 10.9. The Labute approximate surface area is 151 Å². The average Bonchev–Trinajstić information content (AvgIpc) is 3.06. The van der Waals surface area contributed by atoms with Gasteiger partial charge in [-0.15, -0.1) is 0 Å². The highest BCUT2D eigenvalue weighted by molar-refractivity contribution is 5.78. The lowest BCUT2D eigenvalue weighted by atomic mass is 10.0. The number of hydrogen-bond donors (Lipinski definition) is 0. The van der Waals surface area contributed by atoms with Crippen LogP contribution in [0.25, 0.3) is 0 Å². The lowest BCUT2D eigenvalue weighted by Crippen LogP contribution is -2.40. The quantitative estimate of drug-likeness (QED) is 0.678. The van der Waals surface area contributed by atoms with Crippen molar-refractivity contribution in [2.45, 2.75) is 32.7 Å². The third-order valence-electron chi connectivity index (χ3n) is 4.69. The minimum Gasteiger partial charge on any atom is -0.497 e. The van der Waals surface area contributed by atoms with Crippen LogP contribution < -0.4 is 9.47 Å². The van der Waals surface area contributed by atoms with Crippen LogP contribution in [0.15, 0.2) is 30.4 Å². The Kier molecular flexibility index (Phi) is 6.88. The number of likely N-dealkylation sites (tertiary alicyclic amines) is 1. The van der Waals surface area contributed by atoms with Gasteiger partial charge in [-0.1, -0.05) is 12.2 Å². The lowest BCUT2D eigenvalue weighted by molar-refractivity contribution is -0.132.